The smallest absolute Gasteiger partial charge is 0.401 e. The lowest BCUT2D eigenvalue weighted by Gasteiger charge is -2.32. The summed E-state index contributed by atoms with van der Waals surface area (Å²) in [6.07, 6.45) is 1.81. The van der Waals surface area contributed by atoms with Gasteiger partial charge in [-0.3, -0.25) is 19.4 Å². The third kappa shape index (κ3) is 2.27. The number of imidazole rings is 1. The van der Waals surface area contributed by atoms with Crippen molar-refractivity contribution >= 4 is 29.7 Å². The maximum absolute atomic E-state index is 12.8. The Balaban J connectivity index is 1.89. The first-order valence-corrected chi connectivity index (χ1v) is 7.77. The van der Waals surface area contributed by atoms with Gasteiger partial charge >= 0.3 is 17.9 Å². The Morgan fingerprint density at radius 3 is 2.75 bits per heavy atom. The number of fused-ring (bicyclic) bond motifs is 3. The van der Waals surface area contributed by atoms with E-state index in [-0.39, 0.29) is 25.5 Å². The molecule has 0 aliphatic carbocycles. The molecule has 3 heterocycles. The van der Waals surface area contributed by atoms with Crippen molar-refractivity contribution in [3.05, 3.63) is 11.9 Å². The zero-order valence-corrected chi connectivity index (χ0v) is 14.1. The van der Waals surface area contributed by atoms with Crippen LogP contribution in [0, 0.1) is 6.92 Å². The van der Waals surface area contributed by atoms with Crippen LogP contribution in [-0.4, -0.2) is 58.3 Å². The van der Waals surface area contributed by atoms with Crippen LogP contribution < -0.4 is 4.57 Å². The summed E-state index contributed by atoms with van der Waals surface area (Å²) in [5, 5.41) is 0. The van der Waals surface area contributed by atoms with Crippen molar-refractivity contribution < 1.29 is 23.7 Å². The van der Waals surface area contributed by atoms with Gasteiger partial charge in [-0.1, -0.05) is 4.99 Å². The molecule has 9 nitrogen and oxygen atoms in total. The average molecular weight is 334 g/mol. The number of likely N-dealkylation sites (N-methyl/N-ethyl adjacent to an activating group) is 1. The molecule has 128 valence electrons. The highest BCUT2D eigenvalue weighted by Gasteiger charge is 2.52. The molecule has 1 fully saturated rings. The number of amides is 3. The molecule has 0 saturated carbocycles. The molecule has 3 amide bonds. The van der Waals surface area contributed by atoms with Crippen molar-refractivity contribution in [1.82, 2.24) is 14.4 Å². The third-order valence-corrected chi connectivity index (χ3v) is 4.33. The molecule has 0 aromatic carbocycles. The van der Waals surface area contributed by atoms with Crippen LogP contribution in [0.15, 0.2) is 11.2 Å². The summed E-state index contributed by atoms with van der Waals surface area (Å²) in [4.78, 5) is 43.7. The van der Waals surface area contributed by atoms with Crippen molar-refractivity contribution in [2.75, 3.05) is 20.2 Å². The molecule has 1 saturated heterocycles. The number of nitrogens with zero attached hydrogens (tertiary/aromatic N) is 5. The number of esters is 1. The monoisotopic (exact) mass is 334 g/mol. The first-order chi connectivity index (χ1) is 11.4. The molecule has 2 aliphatic heterocycles. The fraction of sp³-hybridized carbons (Fsp3) is 0.533. The SMILES string of the molecule is CCOC(=O)CCN1C(=O)C2C(=Nc3n(C)c(C)c[n+]32)N(C)C1=O. The van der Waals surface area contributed by atoms with Gasteiger partial charge in [0.1, 0.15) is 11.9 Å². The maximum Gasteiger partial charge on any atom is 0.401 e. The predicted octanol–water partition coefficient (Wildman–Crippen LogP) is 0.0529. The van der Waals surface area contributed by atoms with E-state index >= 15 is 0 Å². The molecular formula is C15H20N5O4+. The molecule has 0 radical (unpaired) electrons. The normalized spacial score (nSPS) is 19.3. The molecule has 1 aromatic rings. The number of aliphatic imine (C=N–C) groups is 1. The van der Waals surface area contributed by atoms with Crippen LogP contribution in [0.25, 0.3) is 0 Å². The molecule has 1 aromatic heterocycles. The molecule has 2 aliphatic rings. The van der Waals surface area contributed by atoms with E-state index in [2.05, 4.69) is 4.99 Å². The topological polar surface area (TPSA) is 88.1 Å². The Bertz CT molecular complexity index is 766. The Morgan fingerprint density at radius 1 is 1.38 bits per heavy atom. The summed E-state index contributed by atoms with van der Waals surface area (Å²) in [5.41, 5.74) is 0.957. The molecule has 24 heavy (non-hydrogen) atoms. The van der Waals surface area contributed by atoms with E-state index in [1.807, 2.05) is 24.7 Å². The zero-order chi connectivity index (χ0) is 17.6. The van der Waals surface area contributed by atoms with Gasteiger partial charge in [-0.15, -0.1) is 0 Å². The average Bonchev–Trinajstić information content (AvgIpc) is 3.03. The zero-order valence-electron chi connectivity index (χ0n) is 14.1. The van der Waals surface area contributed by atoms with Crippen LogP contribution in [0.5, 0.6) is 0 Å². The van der Waals surface area contributed by atoms with E-state index in [9.17, 15) is 14.4 Å². The number of aryl methyl sites for hydroxylation is 1. The van der Waals surface area contributed by atoms with Gasteiger partial charge < -0.3 is 4.74 Å². The van der Waals surface area contributed by atoms with E-state index in [4.69, 9.17) is 4.74 Å². The number of hydrogen-bond donors (Lipinski definition) is 0. The highest BCUT2D eigenvalue weighted by atomic mass is 16.5. The number of imide groups is 1. The number of hydrogen-bond acceptors (Lipinski definition) is 5. The minimum absolute atomic E-state index is 0.00761. The van der Waals surface area contributed by atoms with Crippen LogP contribution in [0.2, 0.25) is 0 Å². The van der Waals surface area contributed by atoms with Crippen LogP contribution in [0.4, 0.5) is 10.7 Å². The Labute approximate surface area is 139 Å². The molecule has 0 N–H and O–H groups in total. The van der Waals surface area contributed by atoms with Crippen molar-refractivity contribution in [2.45, 2.75) is 26.3 Å². The first kappa shape index (κ1) is 16.2. The van der Waals surface area contributed by atoms with E-state index in [0.29, 0.717) is 11.8 Å². The van der Waals surface area contributed by atoms with Gasteiger partial charge in [0, 0.05) is 13.6 Å². The Morgan fingerprint density at radius 2 is 2.08 bits per heavy atom. The standard InChI is InChI=1S/C15H20N5O4/c1-5-24-10(21)6-7-19-13(22)11-12(18(4)15(19)23)16-14-17(3)9(2)8-20(11)14/h8,11H,5-7H2,1-4H3/q+1. The minimum atomic E-state index is -0.676. The summed E-state index contributed by atoms with van der Waals surface area (Å²) >= 11 is 0. The van der Waals surface area contributed by atoms with E-state index in [0.717, 1.165) is 10.6 Å². The van der Waals surface area contributed by atoms with E-state index in [1.165, 1.54) is 4.90 Å². The highest BCUT2D eigenvalue weighted by molar-refractivity contribution is 6.19. The van der Waals surface area contributed by atoms with Crippen molar-refractivity contribution in [1.29, 1.82) is 0 Å². The van der Waals surface area contributed by atoms with Crippen LogP contribution in [0.3, 0.4) is 0 Å². The van der Waals surface area contributed by atoms with Gasteiger partial charge in [0.25, 0.3) is 5.91 Å². The minimum Gasteiger partial charge on any atom is -0.466 e. The van der Waals surface area contributed by atoms with Gasteiger partial charge in [0.05, 0.1) is 20.1 Å². The van der Waals surface area contributed by atoms with Gasteiger partial charge in [-0.05, 0) is 13.8 Å². The van der Waals surface area contributed by atoms with Crippen LogP contribution in [0.1, 0.15) is 25.1 Å². The van der Waals surface area contributed by atoms with Gasteiger partial charge in [-0.25, -0.2) is 13.9 Å². The Kier molecular flexibility index (Phi) is 3.86. The number of rotatable bonds is 4. The Hall–Kier alpha value is -2.71. The van der Waals surface area contributed by atoms with E-state index in [1.54, 1.807) is 18.5 Å². The maximum atomic E-state index is 12.8. The largest absolute Gasteiger partial charge is 0.466 e. The molecule has 0 bridgehead atoms. The number of aromatic nitrogens is 2. The van der Waals surface area contributed by atoms with Crippen molar-refractivity contribution in [3.8, 4) is 0 Å². The summed E-state index contributed by atoms with van der Waals surface area (Å²) < 4.78 is 8.48. The van der Waals surface area contributed by atoms with E-state index < -0.39 is 18.0 Å². The lowest BCUT2D eigenvalue weighted by molar-refractivity contribution is -0.677. The van der Waals surface area contributed by atoms with Gasteiger partial charge in [0.2, 0.25) is 11.9 Å². The lowest BCUT2D eigenvalue weighted by Crippen LogP contribution is -2.62. The summed E-state index contributed by atoms with van der Waals surface area (Å²) in [6.45, 7) is 3.89. The first-order valence-electron chi connectivity index (χ1n) is 7.77. The number of ether oxygens (including phenoxy) is 1. The fourth-order valence-electron chi connectivity index (χ4n) is 2.94. The highest BCUT2D eigenvalue weighted by Crippen LogP contribution is 2.28. The summed E-state index contributed by atoms with van der Waals surface area (Å²) in [6, 6.07) is -1.16. The molecule has 3 rings (SSSR count). The van der Waals surface area contributed by atoms with Crippen molar-refractivity contribution in [3.63, 3.8) is 0 Å². The molecule has 1 unspecified atom stereocenters. The van der Waals surface area contributed by atoms with Gasteiger partial charge in [-0.2, -0.15) is 0 Å². The number of carbonyl (C=O) groups is 3. The summed E-state index contributed by atoms with van der Waals surface area (Å²) in [7, 11) is 3.44. The quantitative estimate of drug-likeness (QED) is 0.575. The van der Waals surface area contributed by atoms with Crippen molar-refractivity contribution in [2.24, 2.45) is 12.0 Å². The second-order valence-electron chi connectivity index (χ2n) is 5.80. The second-order valence-corrected chi connectivity index (χ2v) is 5.80. The molecule has 0 spiro atoms. The van der Waals surface area contributed by atoms with Crippen LogP contribution in [-0.2, 0) is 21.4 Å². The predicted molar refractivity (Wildman–Crippen MR) is 82.6 cm³/mol. The number of carbonyl (C=O) groups excluding carboxylic acids is 3. The molecular weight excluding hydrogens is 314 g/mol. The number of amidine groups is 1. The third-order valence-electron chi connectivity index (χ3n) is 4.33. The number of urea groups is 1. The summed E-state index contributed by atoms with van der Waals surface area (Å²) in [5.74, 6) is 0.210. The van der Waals surface area contributed by atoms with Gasteiger partial charge in [0.15, 0.2) is 0 Å². The molecule has 9 heteroatoms. The second kappa shape index (κ2) is 5.73. The lowest BCUT2D eigenvalue weighted by atomic mass is 10.1. The van der Waals surface area contributed by atoms with Crippen LogP contribution >= 0.6 is 0 Å². The fourth-order valence-corrected chi connectivity index (χ4v) is 2.94. The molecule has 1 atom stereocenters.